The summed E-state index contributed by atoms with van der Waals surface area (Å²) in [5.74, 6) is -0.138. The molecule has 0 saturated heterocycles. The van der Waals surface area contributed by atoms with Crippen molar-refractivity contribution in [1.29, 1.82) is 0 Å². The zero-order valence-corrected chi connectivity index (χ0v) is 16.2. The molecule has 1 saturated carbocycles. The van der Waals surface area contributed by atoms with E-state index in [4.69, 9.17) is 9.47 Å². The molecule has 144 valence electrons. The maximum Gasteiger partial charge on any atom is 0.310 e. The van der Waals surface area contributed by atoms with Crippen LogP contribution >= 0.6 is 0 Å². The molecule has 1 aliphatic rings. The lowest BCUT2D eigenvalue weighted by atomic mass is 9.94. The van der Waals surface area contributed by atoms with Gasteiger partial charge in [0.2, 0.25) is 0 Å². The van der Waals surface area contributed by atoms with E-state index in [9.17, 15) is 9.59 Å². The number of hydrogen-bond donors (Lipinski definition) is 0. The standard InChI is InChI=1S/C21H31NO4/c1-16(21(24)26-3)15-22(17-11-7-5-4-6-8-12-17)20(23)18-13-9-10-14-19(18)25-2/h9-10,13-14,16-17H,4-8,11-12,15H2,1-3H3. The molecule has 26 heavy (non-hydrogen) atoms. The highest BCUT2D eigenvalue weighted by Gasteiger charge is 2.30. The van der Waals surface area contributed by atoms with E-state index in [0.29, 0.717) is 17.9 Å². The van der Waals surface area contributed by atoms with Gasteiger partial charge < -0.3 is 14.4 Å². The van der Waals surface area contributed by atoms with E-state index >= 15 is 0 Å². The number of para-hydroxylation sites is 1. The molecule has 1 unspecified atom stereocenters. The van der Waals surface area contributed by atoms with E-state index in [1.807, 2.05) is 24.0 Å². The molecule has 1 aromatic carbocycles. The van der Waals surface area contributed by atoms with Crippen molar-refractivity contribution in [3.63, 3.8) is 0 Å². The number of benzene rings is 1. The first kappa shape index (κ1) is 20.3. The van der Waals surface area contributed by atoms with Gasteiger partial charge in [-0.25, -0.2) is 0 Å². The molecule has 1 aliphatic carbocycles. The predicted molar refractivity (Wildman–Crippen MR) is 101 cm³/mol. The molecule has 1 fully saturated rings. The molecule has 0 aromatic heterocycles. The van der Waals surface area contributed by atoms with Gasteiger partial charge in [-0.1, -0.05) is 51.2 Å². The summed E-state index contributed by atoms with van der Waals surface area (Å²) in [7, 11) is 2.96. The van der Waals surface area contributed by atoms with E-state index in [2.05, 4.69) is 0 Å². The van der Waals surface area contributed by atoms with Gasteiger partial charge in [-0.15, -0.1) is 0 Å². The van der Waals surface area contributed by atoms with E-state index < -0.39 is 0 Å². The van der Waals surface area contributed by atoms with Gasteiger partial charge in [0.1, 0.15) is 5.75 Å². The Bertz CT molecular complexity index is 593. The zero-order chi connectivity index (χ0) is 18.9. The fraction of sp³-hybridized carbons (Fsp3) is 0.619. The molecule has 1 atom stereocenters. The van der Waals surface area contributed by atoms with Crippen LogP contribution in [-0.2, 0) is 9.53 Å². The third kappa shape index (κ3) is 5.23. The van der Waals surface area contributed by atoms with Crippen LogP contribution in [0, 0.1) is 5.92 Å². The molecule has 2 rings (SSSR count). The fourth-order valence-corrected chi connectivity index (χ4v) is 3.69. The Morgan fingerprint density at radius 1 is 1.08 bits per heavy atom. The Labute approximate surface area is 156 Å². The average molecular weight is 361 g/mol. The summed E-state index contributed by atoms with van der Waals surface area (Å²) in [5.41, 5.74) is 0.550. The second-order valence-electron chi connectivity index (χ2n) is 7.08. The lowest BCUT2D eigenvalue weighted by Crippen LogP contribution is -2.44. The van der Waals surface area contributed by atoms with Crippen LogP contribution in [0.3, 0.4) is 0 Å². The van der Waals surface area contributed by atoms with Gasteiger partial charge in [0.05, 0.1) is 25.7 Å². The van der Waals surface area contributed by atoms with Crippen molar-refractivity contribution in [1.82, 2.24) is 4.90 Å². The highest BCUT2D eigenvalue weighted by Crippen LogP contribution is 2.27. The van der Waals surface area contributed by atoms with Crippen LogP contribution in [0.2, 0.25) is 0 Å². The summed E-state index contributed by atoms with van der Waals surface area (Å²) in [4.78, 5) is 27.2. The lowest BCUT2D eigenvalue weighted by Gasteiger charge is -2.35. The quantitative estimate of drug-likeness (QED) is 0.717. The van der Waals surface area contributed by atoms with E-state index in [1.165, 1.54) is 26.4 Å². The minimum Gasteiger partial charge on any atom is -0.496 e. The lowest BCUT2D eigenvalue weighted by molar-refractivity contribution is -0.145. The molecule has 0 N–H and O–H groups in total. The maximum atomic E-state index is 13.4. The third-order valence-electron chi connectivity index (χ3n) is 5.19. The Kier molecular flexibility index (Phi) is 7.95. The molecule has 0 aliphatic heterocycles. The first-order valence-corrected chi connectivity index (χ1v) is 9.60. The predicted octanol–water partition coefficient (Wildman–Crippen LogP) is 4.06. The summed E-state index contributed by atoms with van der Waals surface area (Å²) < 4.78 is 10.3. The Morgan fingerprint density at radius 3 is 2.31 bits per heavy atom. The van der Waals surface area contributed by atoms with Crippen LogP contribution in [0.5, 0.6) is 5.75 Å². The van der Waals surface area contributed by atoms with E-state index in [0.717, 1.165) is 25.7 Å². The van der Waals surface area contributed by atoms with Crippen LogP contribution in [0.25, 0.3) is 0 Å². The molecule has 0 radical (unpaired) electrons. The fourth-order valence-electron chi connectivity index (χ4n) is 3.69. The zero-order valence-electron chi connectivity index (χ0n) is 16.2. The SMILES string of the molecule is COC(=O)C(C)CN(C(=O)c1ccccc1OC)C1CCCCCCC1. The summed E-state index contributed by atoms with van der Waals surface area (Å²) >= 11 is 0. The van der Waals surface area contributed by atoms with Gasteiger partial charge in [0, 0.05) is 12.6 Å². The van der Waals surface area contributed by atoms with Crippen molar-refractivity contribution in [2.24, 2.45) is 5.92 Å². The molecule has 0 spiro atoms. The minimum atomic E-state index is -0.357. The number of carbonyl (C=O) groups excluding carboxylic acids is 2. The van der Waals surface area contributed by atoms with Crippen LogP contribution < -0.4 is 4.74 Å². The Balaban J connectivity index is 2.28. The number of methoxy groups -OCH3 is 2. The van der Waals surface area contributed by atoms with Gasteiger partial charge in [0.25, 0.3) is 5.91 Å². The molecule has 1 amide bonds. The molecule has 1 aromatic rings. The van der Waals surface area contributed by atoms with Crippen molar-refractivity contribution in [3.05, 3.63) is 29.8 Å². The van der Waals surface area contributed by atoms with Crippen LogP contribution in [-0.4, -0.2) is 43.6 Å². The van der Waals surface area contributed by atoms with Crippen LogP contribution in [0.15, 0.2) is 24.3 Å². The average Bonchev–Trinajstić information content (AvgIpc) is 2.65. The van der Waals surface area contributed by atoms with E-state index in [-0.39, 0.29) is 23.8 Å². The van der Waals surface area contributed by atoms with Crippen LogP contribution in [0.4, 0.5) is 0 Å². The molecule has 0 bridgehead atoms. The summed E-state index contributed by atoms with van der Waals surface area (Å²) in [6, 6.07) is 7.44. The molecule has 5 nitrogen and oxygen atoms in total. The summed E-state index contributed by atoms with van der Waals surface area (Å²) in [5, 5.41) is 0. The highest BCUT2D eigenvalue weighted by molar-refractivity contribution is 5.97. The molecule has 5 heteroatoms. The number of carbonyl (C=O) groups is 2. The first-order chi connectivity index (χ1) is 12.6. The normalized spacial score (nSPS) is 16.9. The second-order valence-corrected chi connectivity index (χ2v) is 7.08. The largest absolute Gasteiger partial charge is 0.496 e. The topological polar surface area (TPSA) is 55.8 Å². The first-order valence-electron chi connectivity index (χ1n) is 9.60. The van der Waals surface area contributed by atoms with Gasteiger partial charge >= 0.3 is 5.97 Å². The number of esters is 1. The number of amides is 1. The number of hydrogen-bond acceptors (Lipinski definition) is 4. The number of nitrogens with zero attached hydrogens (tertiary/aromatic N) is 1. The van der Waals surface area contributed by atoms with Gasteiger partial charge in [-0.3, -0.25) is 9.59 Å². The summed E-state index contributed by atoms with van der Waals surface area (Å²) in [6.45, 7) is 2.19. The van der Waals surface area contributed by atoms with Crippen LogP contribution in [0.1, 0.15) is 62.2 Å². The summed E-state index contributed by atoms with van der Waals surface area (Å²) in [6.07, 6.45) is 7.88. The number of rotatable bonds is 6. The highest BCUT2D eigenvalue weighted by atomic mass is 16.5. The monoisotopic (exact) mass is 361 g/mol. The van der Waals surface area contributed by atoms with Crippen molar-refractivity contribution in [2.45, 2.75) is 57.9 Å². The van der Waals surface area contributed by atoms with Gasteiger partial charge in [-0.2, -0.15) is 0 Å². The van der Waals surface area contributed by atoms with Crippen molar-refractivity contribution >= 4 is 11.9 Å². The minimum absolute atomic E-state index is 0.0659. The Hall–Kier alpha value is -2.04. The van der Waals surface area contributed by atoms with E-state index in [1.54, 1.807) is 19.2 Å². The van der Waals surface area contributed by atoms with Crippen molar-refractivity contribution in [2.75, 3.05) is 20.8 Å². The second kappa shape index (κ2) is 10.2. The van der Waals surface area contributed by atoms with Crippen molar-refractivity contribution in [3.8, 4) is 5.75 Å². The molecule has 0 heterocycles. The molecular weight excluding hydrogens is 330 g/mol. The van der Waals surface area contributed by atoms with Gasteiger partial charge in [0.15, 0.2) is 0 Å². The number of ether oxygens (including phenoxy) is 2. The Morgan fingerprint density at radius 2 is 1.69 bits per heavy atom. The van der Waals surface area contributed by atoms with Gasteiger partial charge in [-0.05, 0) is 25.0 Å². The third-order valence-corrected chi connectivity index (χ3v) is 5.19. The maximum absolute atomic E-state index is 13.4. The molecular formula is C21H31NO4. The van der Waals surface area contributed by atoms with Crippen molar-refractivity contribution < 1.29 is 19.1 Å². The smallest absolute Gasteiger partial charge is 0.310 e.